The third-order valence-corrected chi connectivity index (χ3v) is 7.02. The van der Waals surface area contributed by atoms with Crippen LogP contribution in [0.25, 0.3) is 0 Å². The molecule has 0 aromatic heterocycles. The number of sulfonamides is 1. The zero-order valence-electron chi connectivity index (χ0n) is 17.3. The highest BCUT2D eigenvalue weighted by Crippen LogP contribution is 2.27. The molecule has 0 unspecified atom stereocenters. The first-order chi connectivity index (χ1) is 14.8. The van der Waals surface area contributed by atoms with Gasteiger partial charge in [0.1, 0.15) is 5.75 Å². The van der Waals surface area contributed by atoms with Gasteiger partial charge in [-0.05, 0) is 36.8 Å². The van der Waals surface area contributed by atoms with Gasteiger partial charge in [0.05, 0.1) is 11.5 Å². The number of piperazine rings is 1. The van der Waals surface area contributed by atoms with Gasteiger partial charge in [-0.3, -0.25) is 14.9 Å². The van der Waals surface area contributed by atoms with Crippen LogP contribution >= 0.6 is 0 Å². The molecule has 0 radical (unpaired) electrons. The monoisotopic (exact) mass is 447 g/mol. The molecule has 0 aliphatic carbocycles. The molecule has 0 N–H and O–H groups in total. The Balaban J connectivity index is 1.64. The number of nitro benzene ring substituents is 1. The number of nitrogens with zero attached hydrogens (tertiary/aromatic N) is 3. The maximum absolute atomic E-state index is 12.9. The minimum absolute atomic E-state index is 0.0678. The molecular weight excluding hydrogens is 422 g/mol. The first-order valence-electron chi connectivity index (χ1n) is 10.1. The summed E-state index contributed by atoms with van der Waals surface area (Å²) in [6.45, 7) is 3.24. The molecule has 0 saturated carbocycles. The molecule has 0 bridgehead atoms. The number of amides is 1. The lowest BCUT2D eigenvalue weighted by atomic mass is 10.2. The number of hydrogen-bond donors (Lipinski definition) is 0. The second-order valence-electron chi connectivity index (χ2n) is 7.15. The standard InChI is InChI=1S/C21H25N3O6S/c1-2-3-16-30-18-10-8-17(9-11-18)21(25)22-12-14-23(15-13-22)31(28,29)20-7-5-4-6-19(20)24(26)27/h4-11H,2-3,12-16H2,1H3. The van der Waals surface area contributed by atoms with Crippen LogP contribution in [0.1, 0.15) is 30.1 Å². The van der Waals surface area contributed by atoms with E-state index in [2.05, 4.69) is 6.92 Å². The van der Waals surface area contributed by atoms with Gasteiger partial charge in [-0.2, -0.15) is 4.31 Å². The molecule has 9 nitrogen and oxygen atoms in total. The summed E-state index contributed by atoms with van der Waals surface area (Å²) in [5.41, 5.74) is 0.0418. The number of hydrogen-bond acceptors (Lipinski definition) is 6. The van der Waals surface area contributed by atoms with Crippen LogP contribution in [-0.2, 0) is 10.0 Å². The Labute approximate surface area is 181 Å². The molecule has 2 aromatic carbocycles. The summed E-state index contributed by atoms with van der Waals surface area (Å²) in [5.74, 6) is 0.508. The largest absolute Gasteiger partial charge is 0.494 e. The van der Waals surface area contributed by atoms with E-state index in [1.807, 2.05) is 0 Å². The molecule has 3 rings (SSSR count). The van der Waals surface area contributed by atoms with Crippen LogP contribution in [0, 0.1) is 10.1 Å². The summed E-state index contributed by atoms with van der Waals surface area (Å²) < 4.78 is 32.6. The Morgan fingerprint density at radius 1 is 1.06 bits per heavy atom. The van der Waals surface area contributed by atoms with Gasteiger partial charge in [-0.15, -0.1) is 0 Å². The number of rotatable bonds is 8. The highest BCUT2D eigenvalue weighted by atomic mass is 32.2. The van der Waals surface area contributed by atoms with Gasteiger partial charge >= 0.3 is 0 Å². The average molecular weight is 448 g/mol. The number of nitro groups is 1. The van der Waals surface area contributed by atoms with E-state index in [9.17, 15) is 23.3 Å². The summed E-state index contributed by atoms with van der Waals surface area (Å²) in [7, 11) is -4.03. The Bertz CT molecular complexity index is 1030. The van der Waals surface area contributed by atoms with Gasteiger partial charge < -0.3 is 9.64 Å². The molecule has 2 aromatic rings. The molecule has 1 heterocycles. The second-order valence-corrected chi connectivity index (χ2v) is 9.05. The Morgan fingerprint density at radius 2 is 1.71 bits per heavy atom. The van der Waals surface area contributed by atoms with E-state index in [1.54, 1.807) is 29.2 Å². The number of carbonyl (C=O) groups excluding carboxylic acids is 1. The fraction of sp³-hybridized carbons (Fsp3) is 0.381. The number of unbranched alkanes of at least 4 members (excludes halogenated alkanes) is 1. The Kier molecular flexibility index (Phi) is 7.24. The van der Waals surface area contributed by atoms with E-state index >= 15 is 0 Å². The lowest BCUT2D eigenvalue weighted by Crippen LogP contribution is -2.50. The molecule has 1 fully saturated rings. The van der Waals surface area contributed by atoms with Crippen LogP contribution < -0.4 is 4.74 Å². The maximum atomic E-state index is 12.9. The van der Waals surface area contributed by atoms with E-state index in [0.717, 1.165) is 12.8 Å². The minimum Gasteiger partial charge on any atom is -0.494 e. The zero-order chi connectivity index (χ0) is 22.4. The molecule has 0 atom stereocenters. The smallest absolute Gasteiger partial charge is 0.289 e. The van der Waals surface area contributed by atoms with Crippen molar-refractivity contribution in [2.24, 2.45) is 0 Å². The van der Waals surface area contributed by atoms with Crippen molar-refractivity contribution < 1.29 is 22.9 Å². The molecule has 1 aliphatic rings. The molecule has 31 heavy (non-hydrogen) atoms. The molecule has 1 aliphatic heterocycles. The lowest BCUT2D eigenvalue weighted by Gasteiger charge is -2.34. The summed E-state index contributed by atoms with van der Waals surface area (Å²) >= 11 is 0. The SMILES string of the molecule is CCCCOc1ccc(C(=O)N2CCN(S(=O)(=O)c3ccccc3[N+](=O)[O-])CC2)cc1. The molecular formula is C21H25N3O6S. The van der Waals surface area contributed by atoms with Crippen molar-refractivity contribution in [3.8, 4) is 5.75 Å². The van der Waals surface area contributed by atoms with Crippen molar-refractivity contribution in [3.63, 3.8) is 0 Å². The lowest BCUT2D eigenvalue weighted by molar-refractivity contribution is -0.387. The predicted molar refractivity (Wildman–Crippen MR) is 115 cm³/mol. The summed E-state index contributed by atoms with van der Waals surface area (Å²) in [6, 6.07) is 12.2. The topological polar surface area (TPSA) is 110 Å². The highest BCUT2D eigenvalue weighted by Gasteiger charge is 2.34. The first kappa shape index (κ1) is 22.7. The van der Waals surface area contributed by atoms with Crippen molar-refractivity contribution >= 4 is 21.6 Å². The molecule has 10 heteroatoms. The van der Waals surface area contributed by atoms with E-state index in [4.69, 9.17) is 4.74 Å². The van der Waals surface area contributed by atoms with Gasteiger partial charge in [0.2, 0.25) is 10.0 Å². The van der Waals surface area contributed by atoms with Crippen LogP contribution in [0.15, 0.2) is 53.4 Å². The van der Waals surface area contributed by atoms with Gasteiger partial charge in [-0.25, -0.2) is 8.42 Å². The maximum Gasteiger partial charge on any atom is 0.289 e. The third-order valence-electron chi connectivity index (χ3n) is 5.07. The van der Waals surface area contributed by atoms with Crippen molar-refractivity contribution in [1.29, 1.82) is 0 Å². The summed E-state index contributed by atoms with van der Waals surface area (Å²) in [6.07, 6.45) is 2.00. The first-order valence-corrected chi connectivity index (χ1v) is 11.5. The molecule has 166 valence electrons. The van der Waals surface area contributed by atoms with E-state index in [1.165, 1.54) is 28.6 Å². The fourth-order valence-corrected chi connectivity index (χ4v) is 4.89. The van der Waals surface area contributed by atoms with Crippen molar-refractivity contribution in [1.82, 2.24) is 9.21 Å². The average Bonchev–Trinajstić information content (AvgIpc) is 2.79. The van der Waals surface area contributed by atoms with Crippen LogP contribution in [0.5, 0.6) is 5.75 Å². The number of para-hydroxylation sites is 1. The van der Waals surface area contributed by atoms with E-state index in [-0.39, 0.29) is 37.0 Å². The molecule has 1 amide bonds. The van der Waals surface area contributed by atoms with Crippen molar-refractivity contribution in [2.45, 2.75) is 24.7 Å². The van der Waals surface area contributed by atoms with Crippen molar-refractivity contribution in [2.75, 3.05) is 32.8 Å². The second kappa shape index (κ2) is 9.88. The number of ether oxygens (including phenoxy) is 1. The third kappa shape index (κ3) is 5.20. The van der Waals surface area contributed by atoms with E-state index in [0.29, 0.717) is 17.9 Å². The van der Waals surface area contributed by atoms with Gasteiger partial charge in [-0.1, -0.05) is 25.5 Å². The predicted octanol–water partition coefficient (Wildman–Crippen LogP) is 2.92. The Morgan fingerprint density at radius 3 is 2.32 bits per heavy atom. The fourth-order valence-electron chi connectivity index (χ4n) is 3.31. The van der Waals surface area contributed by atoms with Gasteiger partial charge in [0.25, 0.3) is 11.6 Å². The van der Waals surface area contributed by atoms with Crippen LogP contribution in [0.3, 0.4) is 0 Å². The summed E-state index contributed by atoms with van der Waals surface area (Å²) in [5, 5.41) is 11.2. The van der Waals surface area contributed by atoms with Crippen molar-refractivity contribution in [3.05, 3.63) is 64.2 Å². The minimum atomic E-state index is -4.03. The van der Waals surface area contributed by atoms with E-state index < -0.39 is 20.6 Å². The highest BCUT2D eigenvalue weighted by molar-refractivity contribution is 7.89. The number of carbonyl (C=O) groups is 1. The van der Waals surface area contributed by atoms with Gasteiger partial charge in [0, 0.05) is 37.8 Å². The zero-order valence-corrected chi connectivity index (χ0v) is 18.1. The van der Waals surface area contributed by atoms with Gasteiger partial charge in [0.15, 0.2) is 4.90 Å². The Hall–Kier alpha value is -2.98. The normalized spacial score (nSPS) is 14.9. The molecule has 1 saturated heterocycles. The van der Waals surface area contributed by atoms with Crippen LogP contribution in [-0.4, -0.2) is 61.2 Å². The van der Waals surface area contributed by atoms with Crippen LogP contribution in [0.4, 0.5) is 5.69 Å². The van der Waals surface area contributed by atoms with Crippen LogP contribution in [0.2, 0.25) is 0 Å². The molecule has 0 spiro atoms. The quantitative estimate of drug-likeness (QED) is 0.350. The summed E-state index contributed by atoms with van der Waals surface area (Å²) in [4.78, 5) is 24.5. The number of benzene rings is 2.